The molecule has 6 heteroatoms. The number of hydrogen-bond acceptors (Lipinski definition) is 5. The highest BCUT2D eigenvalue weighted by Crippen LogP contribution is 2.17. The third kappa shape index (κ3) is 4.38. The second-order valence-electron chi connectivity index (χ2n) is 6.69. The van der Waals surface area contributed by atoms with Crippen LogP contribution < -0.4 is 10.2 Å². The zero-order valence-electron chi connectivity index (χ0n) is 15.8. The minimum absolute atomic E-state index is 0.0736. The number of anilines is 1. The minimum Gasteiger partial charge on any atom is -0.354 e. The maximum Gasteiger partial charge on any atom is 0.270 e. The van der Waals surface area contributed by atoms with E-state index in [1.54, 1.807) is 0 Å². The summed E-state index contributed by atoms with van der Waals surface area (Å²) in [5.74, 6) is 1.30. The van der Waals surface area contributed by atoms with Crippen molar-refractivity contribution >= 4 is 11.7 Å². The minimum atomic E-state index is -0.166. The van der Waals surface area contributed by atoms with Crippen molar-refractivity contribution < 1.29 is 4.79 Å². The summed E-state index contributed by atoms with van der Waals surface area (Å²) in [7, 11) is 0. The number of aromatic nitrogens is 2. The molecule has 0 aliphatic carbocycles. The molecule has 138 valence electrons. The summed E-state index contributed by atoms with van der Waals surface area (Å²) in [4.78, 5) is 26.2. The third-order valence-corrected chi connectivity index (χ3v) is 4.85. The van der Waals surface area contributed by atoms with Gasteiger partial charge in [-0.25, -0.2) is 9.97 Å². The highest BCUT2D eigenvalue weighted by atomic mass is 16.1. The van der Waals surface area contributed by atoms with Crippen molar-refractivity contribution in [2.45, 2.75) is 26.8 Å². The van der Waals surface area contributed by atoms with Crippen LogP contribution in [-0.2, 0) is 0 Å². The lowest BCUT2D eigenvalue weighted by Gasteiger charge is -2.34. The molecule has 3 rings (SSSR count). The molecule has 1 N–H and O–H groups in total. The van der Waals surface area contributed by atoms with Crippen LogP contribution in [0.1, 0.15) is 41.8 Å². The lowest BCUT2D eigenvalue weighted by Crippen LogP contribution is -2.46. The molecule has 0 spiro atoms. The van der Waals surface area contributed by atoms with Crippen molar-refractivity contribution in [2.24, 2.45) is 0 Å². The van der Waals surface area contributed by atoms with E-state index < -0.39 is 0 Å². The van der Waals surface area contributed by atoms with Crippen molar-refractivity contribution in [3.05, 3.63) is 53.5 Å². The number of hydrogen-bond donors (Lipinski definition) is 1. The summed E-state index contributed by atoms with van der Waals surface area (Å²) in [6.45, 7) is 11.0. The topological polar surface area (TPSA) is 61.4 Å². The standard InChI is InChI=1S/C20H27N5O/c1-4-24-10-12-25(13-11-24)19-14-18(22-16(3)23-19)20(26)21-15(2)17-8-6-5-7-9-17/h5-9,14-15H,4,10-13H2,1-3H3,(H,21,26). The summed E-state index contributed by atoms with van der Waals surface area (Å²) in [5.41, 5.74) is 1.50. The second kappa shape index (κ2) is 8.27. The van der Waals surface area contributed by atoms with Crippen molar-refractivity contribution in [3.8, 4) is 0 Å². The van der Waals surface area contributed by atoms with E-state index >= 15 is 0 Å². The van der Waals surface area contributed by atoms with Gasteiger partial charge in [-0.2, -0.15) is 0 Å². The summed E-state index contributed by atoms with van der Waals surface area (Å²) >= 11 is 0. The Morgan fingerprint density at radius 2 is 1.85 bits per heavy atom. The van der Waals surface area contributed by atoms with Crippen molar-refractivity contribution in [1.29, 1.82) is 0 Å². The largest absolute Gasteiger partial charge is 0.354 e. The Labute approximate surface area is 155 Å². The third-order valence-electron chi connectivity index (χ3n) is 4.85. The van der Waals surface area contributed by atoms with E-state index in [4.69, 9.17) is 0 Å². The number of rotatable bonds is 5. The van der Waals surface area contributed by atoms with Crippen LogP contribution in [0.3, 0.4) is 0 Å². The first-order valence-corrected chi connectivity index (χ1v) is 9.25. The molecule has 1 saturated heterocycles. The van der Waals surface area contributed by atoms with Gasteiger partial charge < -0.3 is 15.1 Å². The van der Waals surface area contributed by atoms with Gasteiger partial charge in [0.15, 0.2) is 0 Å². The average molecular weight is 353 g/mol. The fourth-order valence-electron chi connectivity index (χ4n) is 3.22. The Bertz CT molecular complexity index is 741. The van der Waals surface area contributed by atoms with E-state index in [-0.39, 0.29) is 11.9 Å². The molecule has 1 aliphatic rings. The maximum absolute atomic E-state index is 12.7. The zero-order valence-corrected chi connectivity index (χ0v) is 15.8. The van der Waals surface area contributed by atoms with Gasteiger partial charge in [-0.05, 0) is 26.0 Å². The molecule has 2 aromatic rings. The lowest BCUT2D eigenvalue weighted by atomic mass is 10.1. The van der Waals surface area contributed by atoms with Gasteiger partial charge in [0.25, 0.3) is 5.91 Å². The van der Waals surface area contributed by atoms with Gasteiger partial charge in [0.1, 0.15) is 17.3 Å². The number of nitrogens with zero attached hydrogens (tertiary/aromatic N) is 4. The van der Waals surface area contributed by atoms with Crippen molar-refractivity contribution in [3.63, 3.8) is 0 Å². The molecule has 26 heavy (non-hydrogen) atoms. The molecule has 0 saturated carbocycles. The maximum atomic E-state index is 12.7. The van der Waals surface area contributed by atoms with Gasteiger partial charge in [0, 0.05) is 32.2 Å². The predicted octanol–water partition coefficient (Wildman–Crippen LogP) is 2.42. The Kier molecular flexibility index (Phi) is 5.83. The Morgan fingerprint density at radius 3 is 2.50 bits per heavy atom. The second-order valence-corrected chi connectivity index (χ2v) is 6.69. The van der Waals surface area contributed by atoms with E-state index in [9.17, 15) is 4.79 Å². The molecule has 1 atom stereocenters. The van der Waals surface area contributed by atoms with Crippen LogP contribution in [0.2, 0.25) is 0 Å². The fraction of sp³-hybridized carbons (Fsp3) is 0.450. The summed E-state index contributed by atoms with van der Waals surface area (Å²) in [6, 6.07) is 11.7. The first-order chi connectivity index (χ1) is 12.6. The number of aryl methyl sites for hydroxylation is 1. The van der Waals surface area contributed by atoms with Gasteiger partial charge in [0.05, 0.1) is 6.04 Å². The Balaban J connectivity index is 1.72. The van der Waals surface area contributed by atoms with E-state index in [1.165, 1.54) is 0 Å². The predicted molar refractivity (Wildman–Crippen MR) is 103 cm³/mol. The van der Waals surface area contributed by atoms with Crippen molar-refractivity contribution in [1.82, 2.24) is 20.2 Å². The fourth-order valence-corrected chi connectivity index (χ4v) is 3.22. The molecule has 1 aromatic carbocycles. The number of carbonyl (C=O) groups is 1. The van der Waals surface area contributed by atoms with Gasteiger partial charge in [-0.3, -0.25) is 4.79 Å². The molecule has 1 fully saturated rings. The molecule has 6 nitrogen and oxygen atoms in total. The number of benzene rings is 1. The van der Waals surface area contributed by atoms with Gasteiger partial charge in [-0.15, -0.1) is 0 Å². The molecule has 1 aliphatic heterocycles. The monoisotopic (exact) mass is 353 g/mol. The number of piperazine rings is 1. The van der Waals surface area contributed by atoms with E-state index in [0.717, 1.165) is 44.1 Å². The molecule has 1 unspecified atom stereocenters. The molecular weight excluding hydrogens is 326 g/mol. The molecule has 1 amide bonds. The SMILES string of the molecule is CCN1CCN(c2cc(C(=O)NC(C)c3ccccc3)nc(C)n2)CC1. The average Bonchev–Trinajstić information content (AvgIpc) is 2.68. The molecule has 0 bridgehead atoms. The highest BCUT2D eigenvalue weighted by molar-refractivity contribution is 5.93. The van der Waals surface area contributed by atoms with Gasteiger partial charge in [-0.1, -0.05) is 37.3 Å². The molecule has 0 radical (unpaired) electrons. The number of nitrogens with one attached hydrogen (secondary N) is 1. The van der Waals surface area contributed by atoms with Gasteiger partial charge in [0.2, 0.25) is 0 Å². The number of carbonyl (C=O) groups excluding carboxylic acids is 1. The van der Waals surface area contributed by atoms with E-state index in [0.29, 0.717) is 11.5 Å². The van der Waals surface area contributed by atoms with Crippen LogP contribution in [0.15, 0.2) is 36.4 Å². The smallest absolute Gasteiger partial charge is 0.270 e. The summed E-state index contributed by atoms with van der Waals surface area (Å²) in [5, 5.41) is 3.03. The molecular formula is C20H27N5O. The van der Waals surface area contributed by atoms with Crippen LogP contribution in [0, 0.1) is 6.92 Å². The van der Waals surface area contributed by atoms with Gasteiger partial charge >= 0.3 is 0 Å². The number of amides is 1. The Morgan fingerprint density at radius 1 is 1.15 bits per heavy atom. The molecule has 1 aromatic heterocycles. The van der Waals surface area contributed by atoms with Crippen LogP contribution in [0.5, 0.6) is 0 Å². The van der Waals surface area contributed by atoms with Crippen molar-refractivity contribution in [2.75, 3.05) is 37.6 Å². The Hall–Kier alpha value is -2.47. The zero-order chi connectivity index (χ0) is 18.5. The van der Waals surface area contributed by atoms with Crippen LogP contribution in [0.25, 0.3) is 0 Å². The van der Waals surface area contributed by atoms with E-state index in [2.05, 4.69) is 32.0 Å². The molecule has 2 heterocycles. The quantitative estimate of drug-likeness (QED) is 0.894. The lowest BCUT2D eigenvalue weighted by molar-refractivity contribution is 0.0934. The van der Waals surface area contributed by atoms with Crippen LogP contribution >= 0.6 is 0 Å². The van der Waals surface area contributed by atoms with Crippen LogP contribution in [0.4, 0.5) is 5.82 Å². The summed E-state index contributed by atoms with van der Waals surface area (Å²) < 4.78 is 0. The normalized spacial score (nSPS) is 16.3. The van der Waals surface area contributed by atoms with Crippen LogP contribution in [-0.4, -0.2) is 53.5 Å². The number of likely N-dealkylation sites (N-methyl/N-ethyl adjacent to an activating group) is 1. The highest BCUT2D eigenvalue weighted by Gasteiger charge is 2.20. The first-order valence-electron chi connectivity index (χ1n) is 9.25. The van der Waals surface area contributed by atoms with E-state index in [1.807, 2.05) is 50.2 Å². The first kappa shape index (κ1) is 18.3. The summed E-state index contributed by atoms with van der Waals surface area (Å²) in [6.07, 6.45) is 0.